The lowest BCUT2D eigenvalue weighted by Crippen LogP contribution is -2.40. The summed E-state index contributed by atoms with van der Waals surface area (Å²) in [6, 6.07) is 7.64. The van der Waals surface area contributed by atoms with Crippen LogP contribution < -0.4 is 5.32 Å². The summed E-state index contributed by atoms with van der Waals surface area (Å²) in [6.45, 7) is -0.190. The number of carbonyl (C=O) groups is 2. The molecular weight excluding hydrogens is 326 g/mol. The Morgan fingerprint density at radius 1 is 1.08 bits per heavy atom. The van der Waals surface area contributed by atoms with Gasteiger partial charge < -0.3 is 10.1 Å². The first-order chi connectivity index (χ1) is 11.6. The van der Waals surface area contributed by atoms with Gasteiger partial charge in [0, 0.05) is 11.1 Å². The third-order valence-electron chi connectivity index (χ3n) is 5.30. The second kappa shape index (κ2) is 7.56. The average Bonchev–Trinajstić information content (AvgIpc) is 3.25. The molecule has 4 nitrogen and oxygen atoms in total. The first-order valence-corrected chi connectivity index (χ1v) is 9.21. The number of halogens is 1. The molecular formula is C19H24ClNO3. The molecule has 1 N–H and O–H groups in total. The highest BCUT2D eigenvalue weighted by Gasteiger charge is 2.44. The Kier molecular flexibility index (Phi) is 5.44. The van der Waals surface area contributed by atoms with Crippen LogP contribution in [0, 0.1) is 0 Å². The largest absolute Gasteiger partial charge is 0.455 e. The number of benzene rings is 1. The average molecular weight is 350 g/mol. The van der Waals surface area contributed by atoms with Crippen LogP contribution in [0.4, 0.5) is 0 Å². The van der Waals surface area contributed by atoms with Gasteiger partial charge in [-0.15, -0.1) is 0 Å². The summed E-state index contributed by atoms with van der Waals surface area (Å²) >= 11 is 5.96. The minimum atomic E-state index is -0.627. The molecule has 1 aromatic carbocycles. The maximum Gasteiger partial charge on any atom is 0.317 e. The van der Waals surface area contributed by atoms with Crippen molar-refractivity contribution in [3.05, 3.63) is 34.9 Å². The van der Waals surface area contributed by atoms with Gasteiger partial charge in [-0.3, -0.25) is 9.59 Å². The molecule has 0 atom stereocenters. The molecule has 130 valence electrons. The summed E-state index contributed by atoms with van der Waals surface area (Å²) in [6.07, 6.45) is 7.87. The van der Waals surface area contributed by atoms with Gasteiger partial charge in [0.15, 0.2) is 6.61 Å². The van der Waals surface area contributed by atoms with Crippen molar-refractivity contribution < 1.29 is 14.3 Å². The van der Waals surface area contributed by atoms with Crippen molar-refractivity contribution in [3.63, 3.8) is 0 Å². The minimum Gasteiger partial charge on any atom is -0.455 e. The molecule has 2 aliphatic rings. The SMILES string of the molecule is O=C(COC(=O)C1(c2ccc(Cl)cc2)CCCC1)NC1CCCC1. The molecule has 5 heteroatoms. The van der Waals surface area contributed by atoms with E-state index >= 15 is 0 Å². The number of esters is 1. The highest BCUT2D eigenvalue weighted by molar-refractivity contribution is 6.30. The monoisotopic (exact) mass is 349 g/mol. The molecule has 0 saturated heterocycles. The second-order valence-corrected chi connectivity index (χ2v) is 7.36. The normalized spacial score (nSPS) is 20.0. The Labute approximate surface area is 147 Å². The lowest BCUT2D eigenvalue weighted by Gasteiger charge is -2.27. The van der Waals surface area contributed by atoms with Gasteiger partial charge >= 0.3 is 5.97 Å². The number of hydrogen-bond donors (Lipinski definition) is 1. The topological polar surface area (TPSA) is 55.4 Å². The standard InChI is InChI=1S/C19H24ClNO3/c20-15-9-7-14(8-10-15)19(11-3-4-12-19)18(23)24-13-17(22)21-16-5-1-2-6-16/h7-10,16H,1-6,11-13H2,(H,21,22). The Hall–Kier alpha value is -1.55. The summed E-state index contributed by atoms with van der Waals surface area (Å²) in [4.78, 5) is 24.8. The summed E-state index contributed by atoms with van der Waals surface area (Å²) in [7, 11) is 0. The van der Waals surface area contributed by atoms with E-state index < -0.39 is 5.41 Å². The van der Waals surface area contributed by atoms with Gasteiger partial charge in [0.1, 0.15) is 0 Å². The molecule has 0 aromatic heterocycles. The van der Waals surface area contributed by atoms with Crippen LogP contribution in [0.3, 0.4) is 0 Å². The highest BCUT2D eigenvalue weighted by Crippen LogP contribution is 2.42. The van der Waals surface area contributed by atoms with Crippen LogP contribution in [0.5, 0.6) is 0 Å². The fraction of sp³-hybridized carbons (Fsp3) is 0.579. The van der Waals surface area contributed by atoms with Gasteiger partial charge in [-0.2, -0.15) is 0 Å². The Morgan fingerprint density at radius 3 is 2.33 bits per heavy atom. The maximum atomic E-state index is 12.8. The van der Waals surface area contributed by atoms with Crippen molar-refractivity contribution in [2.24, 2.45) is 0 Å². The first kappa shape index (κ1) is 17.3. The molecule has 3 rings (SSSR count). The minimum absolute atomic E-state index is 0.190. The van der Waals surface area contributed by atoms with E-state index in [0.29, 0.717) is 5.02 Å². The van der Waals surface area contributed by atoms with Crippen LogP contribution in [-0.4, -0.2) is 24.5 Å². The third kappa shape index (κ3) is 3.75. The van der Waals surface area contributed by atoms with Crippen LogP contribution in [0.25, 0.3) is 0 Å². The summed E-state index contributed by atoms with van der Waals surface area (Å²) in [5, 5.41) is 3.60. The van der Waals surface area contributed by atoms with Crippen LogP contribution >= 0.6 is 11.6 Å². The third-order valence-corrected chi connectivity index (χ3v) is 5.55. The molecule has 1 aromatic rings. The van der Waals surface area contributed by atoms with E-state index in [1.165, 1.54) is 0 Å². The zero-order valence-corrected chi connectivity index (χ0v) is 14.6. The van der Waals surface area contributed by atoms with Gasteiger partial charge in [-0.25, -0.2) is 0 Å². The van der Waals surface area contributed by atoms with Crippen LogP contribution in [-0.2, 0) is 19.7 Å². The first-order valence-electron chi connectivity index (χ1n) is 8.83. The Morgan fingerprint density at radius 2 is 1.71 bits per heavy atom. The molecule has 0 bridgehead atoms. The molecule has 2 aliphatic carbocycles. The number of carbonyl (C=O) groups excluding carboxylic acids is 2. The molecule has 2 fully saturated rings. The fourth-order valence-electron chi connectivity index (χ4n) is 3.97. The summed E-state index contributed by atoms with van der Waals surface area (Å²) in [5.41, 5.74) is 0.309. The molecule has 0 unspecified atom stereocenters. The molecule has 2 saturated carbocycles. The van der Waals surface area contributed by atoms with E-state index in [2.05, 4.69) is 5.32 Å². The van der Waals surface area contributed by atoms with Gasteiger partial charge in [-0.1, -0.05) is 49.4 Å². The zero-order chi connectivity index (χ0) is 17.0. The van der Waals surface area contributed by atoms with E-state index in [-0.39, 0.29) is 24.5 Å². The second-order valence-electron chi connectivity index (χ2n) is 6.92. The van der Waals surface area contributed by atoms with Gasteiger partial charge in [0.25, 0.3) is 5.91 Å². The summed E-state index contributed by atoms with van der Waals surface area (Å²) < 4.78 is 5.40. The number of hydrogen-bond acceptors (Lipinski definition) is 3. The van der Waals surface area contributed by atoms with Crippen molar-refractivity contribution >= 4 is 23.5 Å². The van der Waals surface area contributed by atoms with Crippen LogP contribution in [0.15, 0.2) is 24.3 Å². The molecule has 0 aliphatic heterocycles. The van der Waals surface area contributed by atoms with Gasteiger partial charge in [-0.05, 0) is 43.4 Å². The Bertz CT molecular complexity index is 587. The molecule has 0 heterocycles. The number of amides is 1. The van der Waals surface area contributed by atoms with Crippen LogP contribution in [0.2, 0.25) is 5.02 Å². The van der Waals surface area contributed by atoms with Crippen molar-refractivity contribution in [2.75, 3.05) is 6.61 Å². The predicted molar refractivity (Wildman–Crippen MR) is 93.0 cm³/mol. The lowest BCUT2D eigenvalue weighted by atomic mass is 9.79. The van der Waals surface area contributed by atoms with Crippen molar-refractivity contribution in [1.82, 2.24) is 5.32 Å². The molecule has 1 amide bonds. The number of ether oxygens (including phenoxy) is 1. The van der Waals surface area contributed by atoms with Crippen molar-refractivity contribution in [3.8, 4) is 0 Å². The van der Waals surface area contributed by atoms with Gasteiger partial charge in [0.2, 0.25) is 0 Å². The number of rotatable bonds is 5. The molecule has 24 heavy (non-hydrogen) atoms. The van der Waals surface area contributed by atoms with Crippen molar-refractivity contribution in [1.29, 1.82) is 0 Å². The molecule has 0 spiro atoms. The van der Waals surface area contributed by atoms with E-state index in [9.17, 15) is 9.59 Å². The van der Waals surface area contributed by atoms with E-state index in [1.807, 2.05) is 12.1 Å². The summed E-state index contributed by atoms with van der Waals surface area (Å²) in [5.74, 6) is -0.483. The van der Waals surface area contributed by atoms with E-state index in [0.717, 1.165) is 56.9 Å². The zero-order valence-electron chi connectivity index (χ0n) is 13.9. The maximum absolute atomic E-state index is 12.8. The fourth-order valence-corrected chi connectivity index (χ4v) is 4.09. The molecule has 0 radical (unpaired) electrons. The van der Waals surface area contributed by atoms with E-state index in [1.54, 1.807) is 12.1 Å². The predicted octanol–water partition coefficient (Wildman–Crippen LogP) is 3.75. The Balaban J connectivity index is 1.62. The number of nitrogens with one attached hydrogen (secondary N) is 1. The van der Waals surface area contributed by atoms with E-state index in [4.69, 9.17) is 16.3 Å². The van der Waals surface area contributed by atoms with Crippen molar-refractivity contribution in [2.45, 2.75) is 62.8 Å². The highest BCUT2D eigenvalue weighted by atomic mass is 35.5. The quantitative estimate of drug-likeness (QED) is 0.823. The smallest absolute Gasteiger partial charge is 0.317 e. The van der Waals surface area contributed by atoms with Gasteiger partial charge in [0.05, 0.1) is 5.41 Å². The lowest BCUT2D eigenvalue weighted by molar-refractivity contribution is -0.154. The van der Waals surface area contributed by atoms with Crippen LogP contribution in [0.1, 0.15) is 56.9 Å².